The Balaban J connectivity index is 1.86. The molecule has 4 rings (SSSR count). The van der Waals surface area contributed by atoms with Crippen molar-refractivity contribution in [3.8, 4) is 0 Å². The monoisotopic (exact) mass is 293 g/mol. The van der Waals surface area contributed by atoms with E-state index in [9.17, 15) is 15.3 Å². The van der Waals surface area contributed by atoms with E-state index < -0.39 is 36.4 Å². The van der Waals surface area contributed by atoms with Crippen molar-refractivity contribution < 1.29 is 20.1 Å². The van der Waals surface area contributed by atoms with Crippen LogP contribution in [0.5, 0.6) is 0 Å². The summed E-state index contributed by atoms with van der Waals surface area (Å²) in [7, 11) is 0. The van der Waals surface area contributed by atoms with Gasteiger partial charge in [-0.05, 0) is 0 Å². The number of aliphatic hydroxyl groups excluding tert-OH is 3. The van der Waals surface area contributed by atoms with Gasteiger partial charge < -0.3 is 30.4 Å². The third-order valence-electron chi connectivity index (χ3n) is 4.42. The van der Waals surface area contributed by atoms with Gasteiger partial charge in [0.15, 0.2) is 11.5 Å². The largest absolute Gasteiger partial charge is 0.390 e. The van der Waals surface area contributed by atoms with Crippen molar-refractivity contribution in [2.45, 2.75) is 30.5 Å². The third-order valence-corrected chi connectivity index (χ3v) is 4.42. The Bertz CT molecular complexity index is 691. The zero-order chi connectivity index (χ0) is 14.7. The zero-order valence-corrected chi connectivity index (χ0v) is 10.9. The molecule has 1 saturated heterocycles. The van der Waals surface area contributed by atoms with Crippen molar-refractivity contribution in [3.63, 3.8) is 0 Å². The Kier molecular flexibility index (Phi) is 2.67. The summed E-state index contributed by atoms with van der Waals surface area (Å²) in [5, 5.41) is 30.7. The number of nitrogen functional groups attached to an aromatic ring is 1. The van der Waals surface area contributed by atoms with Gasteiger partial charge in [0.1, 0.15) is 24.1 Å². The molecule has 0 spiro atoms. The quantitative estimate of drug-likeness (QED) is 0.476. The molecule has 0 aromatic carbocycles. The van der Waals surface area contributed by atoms with Crippen LogP contribution >= 0.6 is 0 Å². The number of nitrogens with zero attached hydrogens (tertiary/aromatic N) is 4. The number of hydrogen-bond donors (Lipinski definition) is 4. The van der Waals surface area contributed by atoms with Gasteiger partial charge in [0.25, 0.3) is 0 Å². The summed E-state index contributed by atoms with van der Waals surface area (Å²) >= 11 is 0. The first kappa shape index (κ1) is 12.9. The minimum Gasteiger partial charge on any atom is -0.390 e. The van der Waals surface area contributed by atoms with Gasteiger partial charge in [-0.2, -0.15) is 0 Å². The van der Waals surface area contributed by atoms with Crippen LogP contribution in [0.4, 0.5) is 5.82 Å². The Morgan fingerprint density at radius 3 is 2.81 bits per heavy atom. The molecule has 5 N–H and O–H groups in total. The second-order valence-corrected chi connectivity index (χ2v) is 5.50. The van der Waals surface area contributed by atoms with E-state index in [1.165, 1.54) is 12.7 Å². The van der Waals surface area contributed by atoms with E-state index in [-0.39, 0.29) is 12.4 Å². The maximum Gasteiger partial charge on any atom is 0.165 e. The van der Waals surface area contributed by atoms with Crippen LogP contribution in [0.25, 0.3) is 11.2 Å². The predicted octanol–water partition coefficient (Wildman–Crippen LogP) is -1.94. The van der Waals surface area contributed by atoms with Crippen LogP contribution < -0.4 is 5.73 Å². The van der Waals surface area contributed by atoms with E-state index in [4.69, 9.17) is 10.5 Å². The summed E-state index contributed by atoms with van der Waals surface area (Å²) in [5.74, 6) is -0.307. The molecule has 0 radical (unpaired) electrons. The summed E-state index contributed by atoms with van der Waals surface area (Å²) in [4.78, 5) is 12.2. The molecule has 112 valence electrons. The molecule has 21 heavy (non-hydrogen) atoms. The van der Waals surface area contributed by atoms with Gasteiger partial charge >= 0.3 is 0 Å². The number of anilines is 1. The molecule has 3 heterocycles. The average molecular weight is 293 g/mol. The van der Waals surface area contributed by atoms with Gasteiger partial charge in [0.05, 0.1) is 31.2 Å². The summed E-state index contributed by atoms with van der Waals surface area (Å²) in [6.07, 6.45) is -0.688. The first-order chi connectivity index (χ1) is 10.1. The maximum absolute atomic E-state index is 10.4. The second kappa shape index (κ2) is 4.34. The first-order valence-electron chi connectivity index (χ1n) is 6.68. The number of imidazole rings is 1. The molecule has 0 amide bonds. The number of fused-ring (bicyclic) bond motifs is 3. The molecule has 6 atom stereocenters. The molecule has 2 aromatic heterocycles. The first-order valence-corrected chi connectivity index (χ1v) is 6.68. The van der Waals surface area contributed by atoms with Crippen LogP contribution in [0.15, 0.2) is 12.7 Å². The Morgan fingerprint density at radius 2 is 2.00 bits per heavy atom. The number of rotatable bonds is 1. The van der Waals surface area contributed by atoms with Crippen LogP contribution in [0, 0.1) is 5.92 Å². The summed E-state index contributed by atoms with van der Waals surface area (Å²) < 4.78 is 6.96. The van der Waals surface area contributed by atoms with Crippen LogP contribution in [0.3, 0.4) is 0 Å². The SMILES string of the molecule is Nc1ncnc2c1ncn2[C@H]1[C@H](O)[C@H]2OC[C@@H](O)[C@@H]1[C@H]2O. The fraction of sp³-hybridized carbons (Fsp3) is 0.583. The van der Waals surface area contributed by atoms with Crippen LogP contribution in [-0.4, -0.2) is 65.9 Å². The van der Waals surface area contributed by atoms with Crippen LogP contribution in [0.2, 0.25) is 0 Å². The highest BCUT2D eigenvalue weighted by molar-refractivity contribution is 5.81. The minimum atomic E-state index is -0.962. The van der Waals surface area contributed by atoms with E-state index in [1.54, 1.807) is 4.57 Å². The van der Waals surface area contributed by atoms with Crippen molar-refractivity contribution >= 4 is 17.0 Å². The lowest BCUT2D eigenvalue weighted by atomic mass is 9.93. The molecular weight excluding hydrogens is 278 g/mol. The van der Waals surface area contributed by atoms with E-state index in [2.05, 4.69) is 15.0 Å². The van der Waals surface area contributed by atoms with Gasteiger partial charge in [0.2, 0.25) is 0 Å². The highest BCUT2D eigenvalue weighted by atomic mass is 16.5. The van der Waals surface area contributed by atoms with Crippen molar-refractivity contribution in [2.24, 2.45) is 5.92 Å². The highest BCUT2D eigenvalue weighted by Crippen LogP contribution is 2.44. The van der Waals surface area contributed by atoms with Crippen molar-refractivity contribution in [1.82, 2.24) is 19.5 Å². The van der Waals surface area contributed by atoms with Gasteiger partial charge in [-0.3, -0.25) is 0 Å². The third kappa shape index (κ3) is 1.62. The van der Waals surface area contributed by atoms with E-state index >= 15 is 0 Å². The standard InChI is InChI=1S/C12H15N5O4/c13-11-6-12(15-2-14-11)17(3-16-6)7-5-4(18)1-21-10(8(5)19)9(7)20/h2-5,7-10,18-20H,1H2,(H2,13,14,15)/t4-,5+,7-,8-,9+,10+/m1/s1. The summed E-state index contributed by atoms with van der Waals surface area (Å²) in [5.41, 5.74) is 6.64. The van der Waals surface area contributed by atoms with Gasteiger partial charge in [-0.1, -0.05) is 0 Å². The van der Waals surface area contributed by atoms with E-state index in [0.717, 1.165) is 0 Å². The number of ether oxygens (including phenoxy) is 1. The van der Waals surface area contributed by atoms with Crippen molar-refractivity contribution in [1.29, 1.82) is 0 Å². The lowest BCUT2D eigenvalue weighted by molar-refractivity contribution is -0.142. The predicted molar refractivity (Wildman–Crippen MR) is 70.0 cm³/mol. The molecule has 9 heteroatoms. The normalized spacial score (nSPS) is 39.0. The molecular formula is C12H15N5O4. The molecule has 1 aliphatic heterocycles. The number of aliphatic hydroxyl groups is 3. The second-order valence-electron chi connectivity index (χ2n) is 5.50. The molecule has 2 fully saturated rings. The smallest absolute Gasteiger partial charge is 0.165 e. The molecule has 2 aromatic rings. The molecule has 1 aliphatic carbocycles. The van der Waals surface area contributed by atoms with Gasteiger partial charge in [-0.25, -0.2) is 15.0 Å². The van der Waals surface area contributed by atoms with Crippen LogP contribution in [-0.2, 0) is 4.74 Å². The number of aromatic nitrogens is 4. The Hall–Kier alpha value is -1.81. The lowest BCUT2D eigenvalue weighted by Crippen LogP contribution is -2.45. The fourth-order valence-electron chi connectivity index (χ4n) is 3.46. The lowest BCUT2D eigenvalue weighted by Gasteiger charge is -2.31. The molecule has 2 aliphatic rings. The van der Waals surface area contributed by atoms with Crippen molar-refractivity contribution in [3.05, 3.63) is 12.7 Å². The van der Waals surface area contributed by atoms with Crippen LogP contribution in [0.1, 0.15) is 6.04 Å². The molecule has 1 saturated carbocycles. The zero-order valence-electron chi connectivity index (χ0n) is 10.9. The number of hydrogen-bond acceptors (Lipinski definition) is 8. The molecule has 0 unspecified atom stereocenters. The fourth-order valence-corrected chi connectivity index (χ4v) is 3.46. The topological polar surface area (TPSA) is 140 Å². The minimum absolute atomic E-state index is 0.0870. The summed E-state index contributed by atoms with van der Waals surface area (Å²) in [6, 6.07) is -0.582. The molecule has 2 bridgehead atoms. The van der Waals surface area contributed by atoms with Crippen molar-refractivity contribution in [2.75, 3.05) is 12.3 Å². The van der Waals surface area contributed by atoms with Gasteiger partial charge in [0, 0.05) is 5.92 Å². The molecule has 9 nitrogen and oxygen atoms in total. The van der Waals surface area contributed by atoms with E-state index in [1.807, 2.05) is 0 Å². The van der Waals surface area contributed by atoms with E-state index in [0.29, 0.717) is 11.2 Å². The Morgan fingerprint density at radius 1 is 1.19 bits per heavy atom. The summed E-state index contributed by atoms with van der Waals surface area (Å²) in [6.45, 7) is 0.0870. The van der Waals surface area contributed by atoms with Gasteiger partial charge in [-0.15, -0.1) is 0 Å². The number of nitrogens with two attached hydrogens (primary N) is 1. The average Bonchev–Trinajstić information content (AvgIpc) is 2.93. The maximum atomic E-state index is 10.4. The highest BCUT2D eigenvalue weighted by Gasteiger charge is 2.57. The Labute approximate surface area is 119 Å².